The molecule has 2 atom stereocenters. The predicted octanol–water partition coefficient (Wildman–Crippen LogP) is 4.04. The molecule has 0 bridgehead atoms. The summed E-state index contributed by atoms with van der Waals surface area (Å²) in [4.78, 5) is 17.6. The third-order valence-corrected chi connectivity index (χ3v) is 5.49. The number of carbonyl (C=O) groups is 1. The molecule has 136 valence electrons. The third kappa shape index (κ3) is 2.94. The number of hydrogen-bond donors (Lipinski definition) is 1. The minimum absolute atomic E-state index is 0.139. The molecule has 7 heteroatoms. The van der Waals surface area contributed by atoms with E-state index in [1.165, 1.54) is 12.1 Å². The monoisotopic (exact) mass is 372 g/mol. The highest BCUT2D eigenvalue weighted by Crippen LogP contribution is 2.45. The quantitative estimate of drug-likeness (QED) is 0.824. The van der Waals surface area contributed by atoms with Crippen LogP contribution in [0.4, 0.5) is 10.3 Å². The van der Waals surface area contributed by atoms with Crippen molar-refractivity contribution in [3.63, 3.8) is 0 Å². The first-order chi connectivity index (χ1) is 12.4. The maximum atomic E-state index is 13.9. The van der Waals surface area contributed by atoms with Crippen LogP contribution in [0.15, 0.2) is 41.2 Å². The summed E-state index contributed by atoms with van der Waals surface area (Å²) in [6.45, 7) is 6.13. The molecule has 0 saturated heterocycles. The molecule has 2 heterocycles. The van der Waals surface area contributed by atoms with Crippen LogP contribution < -0.4 is 5.32 Å². The molecule has 2 aliphatic rings. The molecule has 26 heavy (non-hydrogen) atoms. The number of Topliss-reactive ketones (excluding diaryl/α,β-unsaturated/α-hetero) is 1. The number of nitrogens with zero attached hydrogens (tertiary/aromatic N) is 3. The van der Waals surface area contributed by atoms with Crippen molar-refractivity contribution < 1.29 is 9.18 Å². The molecule has 1 aliphatic heterocycles. The Morgan fingerprint density at radius 2 is 2.23 bits per heavy atom. The third-order valence-electron chi connectivity index (χ3n) is 4.77. The van der Waals surface area contributed by atoms with Gasteiger partial charge in [-0.3, -0.25) is 4.79 Å². The van der Waals surface area contributed by atoms with Gasteiger partial charge >= 0.3 is 0 Å². The molecular formula is C19H21FN4OS. The highest BCUT2D eigenvalue weighted by Gasteiger charge is 2.45. The zero-order valence-electron chi connectivity index (χ0n) is 15.0. The number of allylic oxidation sites excluding steroid dienone is 2. The lowest BCUT2D eigenvalue weighted by Gasteiger charge is -2.40. The average Bonchev–Trinajstić information content (AvgIpc) is 2.94. The van der Waals surface area contributed by atoms with Crippen LogP contribution in [-0.4, -0.2) is 26.3 Å². The van der Waals surface area contributed by atoms with Gasteiger partial charge in [-0.15, -0.1) is 5.10 Å². The highest BCUT2D eigenvalue weighted by molar-refractivity contribution is 7.99. The Hall–Kier alpha value is -2.15. The number of benzene rings is 1. The van der Waals surface area contributed by atoms with Gasteiger partial charge in [-0.1, -0.05) is 50.7 Å². The Balaban J connectivity index is 1.90. The number of halogens is 1. The van der Waals surface area contributed by atoms with E-state index in [1.54, 1.807) is 22.5 Å². The molecule has 1 aromatic carbocycles. The van der Waals surface area contributed by atoms with Crippen LogP contribution in [0.2, 0.25) is 0 Å². The van der Waals surface area contributed by atoms with Crippen molar-refractivity contribution in [2.75, 3.05) is 11.1 Å². The van der Waals surface area contributed by atoms with Crippen molar-refractivity contribution in [1.29, 1.82) is 0 Å². The molecule has 0 unspecified atom stereocenters. The van der Waals surface area contributed by atoms with Crippen molar-refractivity contribution in [2.45, 2.75) is 38.4 Å². The van der Waals surface area contributed by atoms with Gasteiger partial charge in [0, 0.05) is 12.1 Å². The number of nitrogens with one attached hydrogen (secondary N) is 1. The number of ketones is 1. The van der Waals surface area contributed by atoms with Crippen LogP contribution in [0.3, 0.4) is 0 Å². The van der Waals surface area contributed by atoms with E-state index in [-0.39, 0.29) is 17.0 Å². The zero-order valence-corrected chi connectivity index (χ0v) is 15.8. The molecule has 5 nitrogen and oxygen atoms in total. The summed E-state index contributed by atoms with van der Waals surface area (Å²) in [6.07, 6.45) is 2.56. The SMILES string of the molecule is CCSc1nc2n(n1)[C@@H](c1cccc(F)c1)[C@@H]1C(=O)CC(C)(C)C=C1N2. The maximum absolute atomic E-state index is 13.9. The summed E-state index contributed by atoms with van der Waals surface area (Å²) >= 11 is 1.54. The maximum Gasteiger partial charge on any atom is 0.227 e. The van der Waals surface area contributed by atoms with E-state index in [9.17, 15) is 9.18 Å². The van der Waals surface area contributed by atoms with Gasteiger partial charge in [0.15, 0.2) is 0 Å². The molecule has 0 radical (unpaired) electrons. The van der Waals surface area contributed by atoms with Crippen LogP contribution in [0.5, 0.6) is 0 Å². The van der Waals surface area contributed by atoms with E-state index in [0.717, 1.165) is 17.0 Å². The first kappa shape index (κ1) is 17.3. The second-order valence-corrected chi connectivity index (χ2v) is 8.66. The number of aromatic nitrogens is 3. The van der Waals surface area contributed by atoms with Crippen LogP contribution >= 0.6 is 11.8 Å². The van der Waals surface area contributed by atoms with Gasteiger partial charge in [-0.05, 0) is 28.9 Å². The van der Waals surface area contributed by atoms with Gasteiger partial charge < -0.3 is 5.32 Å². The van der Waals surface area contributed by atoms with Gasteiger partial charge in [0.2, 0.25) is 11.1 Å². The fraction of sp³-hybridized carbons (Fsp3) is 0.421. The Labute approximate surface area is 156 Å². The smallest absolute Gasteiger partial charge is 0.227 e. The van der Waals surface area contributed by atoms with Crippen molar-refractivity contribution in [1.82, 2.24) is 14.8 Å². The molecule has 0 spiro atoms. The normalized spacial score (nSPS) is 23.7. The second-order valence-electron chi connectivity index (χ2n) is 7.43. The first-order valence-electron chi connectivity index (χ1n) is 8.75. The van der Waals surface area contributed by atoms with Crippen LogP contribution in [0, 0.1) is 17.2 Å². The molecular weight excluding hydrogens is 351 g/mol. The molecule has 0 saturated carbocycles. The molecule has 1 aliphatic carbocycles. The molecule has 2 aromatic rings. The summed E-state index contributed by atoms with van der Waals surface area (Å²) < 4.78 is 15.6. The lowest BCUT2D eigenvalue weighted by molar-refractivity contribution is -0.125. The number of thioether (sulfide) groups is 1. The second kappa shape index (κ2) is 6.23. The summed E-state index contributed by atoms with van der Waals surface area (Å²) in [7, 11) is 0. The minimum atomic E-state index is -0.404. The molecule has 4 rings (SSSR count). The van der Waals surface area contributed by atoms with Crippen LogP contribution in [0.1, 0.15) is 38.8 Å². The number of anilines is 1. The molecule has 0 fully saturated rings. The van der Waals surface area contributed by atoms with Crippen molar-refractivity contribution >= 4 is 23.5 Å². The lowest BCUT2D eigenvalue weighted by Crippen LogP contribution is -2.42. The largest absolute Gasteiger partial charge is 0.328 e. The summed E-state index contributed by atoms with van der Waals surface area (Å²) in [5.74, 6) is 0.869. The highest BCUT2D eigenvalue weighted by atomic mass is 32.2. The summed E-state index contributed by atoms with van der Waals surface area (Å²) in [5, 5.41) is 8.55. The van der Waals surface area contributed by atoms with E-state index in [4.69, 9.17) is 0 Å². The fourth-order valence-electron chi connectivity index (χ4n) is 3.82. The van der Waals surface area contributed by atoms with E-state index in [1.807, 2.05) is 26.8 Å². The Bertz CT molecular complexity index is 905. The van der Waals surface area contributed by atoms with E-state index in [2.05, 4.69) is 21.5 Å². The van der Waals surface area contributed by atoms with E-state index in [0.29, 0.717) is 17.5 Å². The molecule has 1 N–H and O–H groups in total. The topological polar surface area (TPSA) is 59.8 Å². The minimum Gasteiger partial charge on any atom is -0.328 e. The number of carbonyl (C=O) groups excluding carboxylic acids is 1. The first-order valence-corrected chi connectivity index (χ1v) is 9.74. The Kier molecular flexibility index (Phi) is 4.14. The zero-order chi connectivity index (χ0) is 18.5. The van der Waals surface area contributed by atoms with Crippen LogP contribution in [0.25, 0.3) is 0 Å². The van der Waals surface area contributed by atoms with Crippen molar-refractivity contribution in [3.8, 4) is 0 Å². The standard InChI is InChI=1S/C19H21FN4OS/c1-4-26-18-22-17-21-13-9-19(2,3)10-14(25)15(13)16(24(17)23-18)11-6-5-7-12(20)8-11/h5-9,15-16H,4,10H2,1-3H3,(H,21,22,23)/t15-,16-/m0/s1. The van der Waals surface area contributed by atoms with E-state index >= 15 is 0 Å². The van der Waals surface area contributed by atoms with Crippen molar-refractivity contribution in [2.24, 2.45) is 11.3 Å². The van der Waals surface area contributed by atoms with Gasteiger partial charge in [0.1, 0.15) is 11.6 Å². The predicted molar refractivity (Wildman–Crippen MR) is 99.6 cm³/mol. The summed E-state index contributed by atoms with van der Waals surface area (Å²) in [5.41, 5.74) is 1.36. The average molecular weight is 372 g/mol. The lowest BCUT2D eigenvalue weighted by atomic mass is 9.72. The Morgan fingerprint density at radius 3 is 2.96 bits per heavy atom. The van der Waals surface area contributed by atoms with E-state index < -0.39 is 12.0 Å². The van der Waals surface area contributed by atoms with Gasteiger partial charge in [-0.25, -0.2) is 9.07 Å². The van der Waals surface area contributed by atoms with Crippen LogP contribution in [-0.2, 0) is 4.79 Å². The van der Waals surface area contributed by atoms with Gasteiger partial charge in [0.05, 0.1) is 12.0 Å². The van der Waals surface area contributed by atoms with Crippen molar-refractivity contribution in [3.05, 3.63) is 47.4 Å². The number of fused-ring (bicyclic) bond motifs is 2. The van der Waals surface area contributed by atoms with Gasteiger partial charge in [0.25, 0.3) is 0 Å². The number of rotatable bonds is 3. The number of hydrogen-bond acceptors (Lipinski definition) is 5. The fourth-order valence-corrected chi connectivity index (χ4v) is 4.38. The molecule has 1 aromatic heterocycles. The Morgan fingerprint density at radius 1 is 1.42 bits per heavy atom. The summed E-state index contributed by atoms with van der Waals surface area (Å²) in [6, 6.07) is 6.02. The van der Waals surface area contributed by atoms with Gasteiger partial charge in [-0.2, -0.15) is 4.98 Å². The molecule has 0 amide bonds.